The number of aryl methyl sites for hydroxylation is 1. The Morgan fingerprint density at radius 2 is 2.29 bits per heavy atom. The summed E-state index contributed by atoms with van der Waals surface area (Å²) in [4.78, 5) is 1.27. The summed E-state index contributed by atoms with van der Waals surface area (Å²) in [6.07, 6.45) is 0. The molecule has 2 nitrogen and oxygen atoms in total. The van der Waals surface area contributed by atoms with E-state index >= 15 is 0 Å². The third-order valence-electron chi connectivity index (χ3n) is 2.52. The van der Waals surface area contributed by atoms with E-state index in [9.17, 15) is 0 Å². The number of hydrogen-bond acceptors (Lipinski definition) is 3. The fourth-order valence-electron chi connectivity index (χ4n) is 1.80. The van der Waals surface area contributed by atoms with Crippen LogP contribution in [0.1, 0.15) is 29.2 Å². The SMILES string of the molecule is CCNC(c1ccc(Cl)o1)c1cc(Br)sc1C. The molecular formula is C12H13BrClNOS. The number of nitrogens with one attached hydrogen (secondary N) is 1. The molecule has 0 fully saturated rings. The van der Waals surface area contributed by atoms with Crippen LogP contribution in [0.25, 0.3) is 0 Å². The molecule has 0 amide bonds. The molecule has 0 aliphatic heterocycles. The van der Waals surface area contributed by atoms with Gasteiger partial charge in [0.1, 0.15) is 5.76 Å². The quantitative estimate of drug-likeness (QED) is 0.871. The number of halogens is 2. The predicted octanol–water partition coefficient (Wildman–Crippen LogP) is 4.76. The molecule has 1 N–H and O–H groups in total. The molecule has 0 bridgehead atoms. The van der Waals surface area contributed by atoms with E-state index in [1.54, 1.807) is 17.4 Å². The Hall–Kier alpha value is -0.290. The lowest BCUT2D eigenvalue weighted by molar-refractivity contribution is 0.453. The molecule has 17 heavy (non-hydrogen) atoms. The zero-order valence-electron chi connectivity index (χ0n) is 9.59. The lowest BCUT2D eigenvalue weighted by Gasteiger charge is -2.15. The molecule has 92 valence electrons. The Balaban J connectivity index is 2.38. The van der Waals surface area contributed by atoms with E-state index in [1.807, 2.05) is 6.07 Å². The first-order valence-corrected chi connectivity index (χ1v) is 7.35. The third-order valence-corrected chi connectivity index (χ3v) is 4.30. The molecule has 2 rings (SSSR count). The van der Waals surface area contributed by atoms with Crippen LogP contribution in [-0.4, -0.2) is 6.54 Å². The molecule has 0 aliphatic rings. The van der Waals surface area contributed by atoms with Crippen LogP contribution in [0.5, 0.6) is 0 Å². The van der Waals surface area contributed by atoms with E-state index in [1.165, 1.54) is 10.4 Å². The highest BCUT2D eigenvalue weighted by Gasteiger charge is 2.20. The Labute approximate surface area is 118 Å². The molecule has 0 aliphatic carbocycles. The largest absolute Gasteiger partial charge is 0.448 e. The van der Waals surface area contributed by atoms with Gasteiger partial charge in [0.25, 0.3) is 0 Å². The maximum atomic E-state index is 5.84. The van der Waals surface area contributed by atoms with E-state index in [0.29, 0.717) is 5.22 Å². The number of hydrogen-bond donors (Lipinski definition) is 1. The lowest BCUT2D eigenvalue weighted by Crippen LogP contribution is -2.21. The third kappa shape index (κ3) is 2.94. The summed E-state index contributed by atoms with van der Waals surface area (Å²) in [5, 5.41) is 3.84. The van der Waals surface area contributed by atoms with Crippen molar-refractivity contribution in [2.45, 2.75) is 19.9 Å². The standard InChI is InChI=1S/C12H13BrClNOS/c1-3-15-12(9-4-5-11(14)16-9)8-6-10(13)17-7(8)2/h4-6,12,15H,3H2,1-2H3. The molecule has 5 heteroatoms. The minimum Gasteiger partial charge on any atom is -0.448 e. The first-order chi connectivity index (χ1) is 8.11. The molecule has 1 atom stereocenters. The number of furan rings is 1. The molecular weight excluding hydrogens is 322 g/mol. The van der Waals surface area contributed by atoms with E-state index < -0.39 is 0 Å². The van der Waals surface area contributed by atoms with Crippen molar-refractivity contribution in [2.24, 2.45) is 0 Å². The van der Waals surface area contributed by atoms with Crippen LogP contribution < -0.4 is 5.32 Å². The topological polar surface area (TPSA) is 25.2 Å². The summed E-state index contributed by atoms with van der Waals surface area (Å²) in [6, 6.07) is 5.89. The highest BCUT2D eigenvalue weighted by atomic mass is 79.9. The molecule has 0 spiro atoms. The molecule has 2 heterocycles. The van der Waals surface area contributed by atoms with Gasteiger partial charge < -0.3 is 9.73 Å². The smallest absolute Gasteiger partial charge is 0.193 e. The molecule has 0 radical (unpaired) electrons. The fraction of sp³-hybridized carbons (Fsp3) is 0.333. The molecule has 2 aromatic heterocycles. The van der Waals surface area contributed by atoms with Gasteiger partial charge in [-0.1, -0.05) is 6.92 Å². The van der Waals surface area contributed by atoms with E-state index in [-0.39, 0.29) is 6.04 Å². The maximum Gasteiger partial charge on any atom is 0.193 e. The second-order valence-corrected chi connectivity index (χ2v) is 6.70. The van der Waals surface area contributed by atoms with Crippen LogP contribution in [-0.2, 0) is 0 Å². The van der Waals surface area contributed by atoms with Crippen LogP contribution in [0, 0.1) is 6.92 Å². The maximum absolute atomic E-state index is 5.84. The van der Waals surface area contributed by atoms with Crippen molar-refractivity contribution in [2.75, 3.05) is 6.54 Å². The van der Waals surface area contributed by atoms with Gasteiger partial charge in [0.15, 0.2) is 5.22 Å². The van der Waals surface area contributed by atoms with Crippen molar-refractivity contribution >= 4 is 38.9 Å². The van der Waals surface area contributed by atoms with Gasteiger partial charge in [-0.05, 0) is 64.8 Å². The molecule has 0 saturated heterocycles. The van der Waals surface area contributed by atoms with Crippen LogP contribution in [0.4, 0.5) is 0 Å². The first-order valence-electron chi connectivity index (χ1n) is 5.36. The van der Waals surface area contributed by atoms with Gasteiger partial charge in [0.2, 0.25) is 0 Å². The minimum absolute atomic E-state index is 0.0649. The van der Waals surface area contributed by atoms with Crippen LogP contribution in [0.2, 0.25) is 5.22 Å². The second kappa shape index (κ2) is 5.57. The number of rotatable bonds is 4. The van der Waals surface area contributed by atoms with Gasteiger partial charge in [-0.25, -0.2) is 0 Å². The zero-order valence-corrected chi connectivity index (χ0v) is 12.7. The van der Waals surface area contributed by atoms with Gasteiger partial charge in [-0.2, -0.15) is 0 Å². The van der Waals surface area contributed by atoms with Gasteiger partial charge in [0.05, 0.1) is 9.83 Å². The second-order valence-electron chi connectivity index (χ2n) is 3.69. The average molecular weight is 335 g/mol. The van der Waals surface area contributed by atoms with Crippen LogP contribution >= 0.6 is 38.9 Å². The van der Waals surface area contributed by atoms with E-state index in [2.05, 4.69) is 41.2 Å². The lowest BCUT2D eigenvalue weighted by atomic mass is 10.1. The average Bonchev–Trinajstić information content (AvgIpc) is 2.82. The van der Waals surface area contributed by atoms with Crippen LogP contribution in [0.15, 0.2) is 26.4 Å². The Kier molecular flexibility index (Phi) is 4.31. The molecule has 1 unspecified atom stereocenters. The fourth-order valence-corrected chi connectivity index (χ4v) is 3.70. The van der Waals surface area contributed by atoms with Crippen molar-refractivity contribution in [1.82, 2.24) is 5.32 Å². The minimum atomic E-state index is 0.0649. The summed E-state index contributed by atoms with van der Waals surface area (Å²) < 4.78 is 6.64. The Morgan fingerprint density at radius 3 is 2.76 bits per heavy atom. The first kappa shape index (κ1) is 13.1. The predicted molar refractivity (Wildman–Crippen MR) is 76.0 cm³/mol. The van der Waals surface area contributed by atoms with Crippen molar-refractivity contribution in [3.63, 3.8) is 0 Å². The zero-order chi connectivity index (χ0) is 12.4. The van der Waals surface area contributed by atoms with Crippen molar-refractivity contribution < 1.29 is 4.42 Å². The van der Waals surface area contributed by atoms with Crippen molar-refractivity contribution in [3.05, 3.63) is 43.4 Å². The summed E-state index contributed by atoms with van der Waals surface area (Å²) in [7, 11) is 0. The van der Waals surface area contributed by atoms with Crippen molar-refractivity contribution in [3.8, 4) is 0 Å². The highest BCUT2D eigenvalue weighted by molar-refractivity contribution is 9.11. The molecule has 2 aromatic rings. The van der Waals surface area contributed by atoms with Gasteiger partial charge in [0, 0.05) is 4.88 Å². The van der Waals surface area contributed by atoms with Gasteiger partial charge >= 0.3 is 0 Å². The normalized spacial score (nSPS) is 12.9. The summed E-state index contributed by atoms with van der Waals surface area (Å²) in [6.45, 7) is 5.06. The Bertz CT molecular complexity index is 508. The summed E-state index contributed by atoms with van der Waals surface area (Å²) in [5.74, 6) is 0.852. The summed E-state index contributed by atoms with van der Waals surface area (Å²) >= 11 is 11.1. The van der Waals surface area contributed by atoms with E-state index in [4.69, 9.17) is 16.0 Å². The van der Waals surface area contributed by atoms with Crippen molar-refractivity contribution in [1.29, 1.82) is 0 Å². The van der Waals surface area contributed by atoms with Crippen LogP contribution in [0.3, 0.4) is 0 Å². The monoisotopic (exact) mass is 333 g/mol. The molecule has 0 saturated carbocycles. The number of thiophene rings is 1. The highest BCUT2D eigenvalue weighted by Crippen LogP contribution is 2.34. The van der Waals surface area contributed by atoms with E-state index in [0.717, 1.165) is 16.1 Å². The Morgan fingerprint density at radius 1 is 1.53 bits per heavy atom. The van der Waals surface area contributed by atoms with Gasteiger partial charge in [-0.15, -0.1) is 11.3 Å². The summed E-state index contributed by atoms with van der Waals surface area (Å²) in [5.41, 5.74) is 1.23. The molecule has 0 aromatic carbocycles. The van der Waals surface area contributed by atoms with Gasteiger partial charge in [-0.3, -0.25) is 0 Å².